The Kier molecular flexibility index (Phi) is 3.87. The number of fused-ring (bicyclic) bond motifs is 4. The van der Waals surface area contributed by atoms with Gasteiger partial charge in [-0.1, -0.05) is 182 Å². The van der Waals surface area contributed by atoms with Gasteiger partial charge >= 0.3 is 0 Å². The maximum atomic E-state index is 9.38. The molecule has 0 saturated heterocycles. The van der Waals surface area contributed by atoms with E-state index in [1.165, 1.54) is 0 Å². The van der Waals surface area contributed by atoms with Gasteiger partial charge in [0.05, 0.1) is 17.8 Å². The molecule has 0 aromatic heterocycles. The summed E-state index contributed by atoms with van der Waals surface area (Å²) in [4.78, 5) is 0. The second-order valence-corrected chi connectivity index (χ2v) is 11.0. The van der Waals surface area contributed by atoms with Crippen LogP contribution in [0.4, 0.5) is 0 Å². The monoisotopic (exact) mass is 595 g/mol. The fraction of sp³-hybridized carbons (Fsp3) is 0. The summed E-state index contributed by atoms with van der Waals surface area (Å²) in [6.45, 7) is 0. The molecule has 0 N–H and O–H groups in total. The number of hydrogen-bond donors (Lipinski definition) is 0. The zero-order valence-electron chi connectivity index (χ0n) is 37.3. The molecule has 0 radical (unpaired) electrons. The lowest BCUT2D eigenvalue weighted by Crippen LogP contribution is -1.93. The number of hydrogen-bond acceptors (Lipinski definition) is 0. The molecule has 214 valence electrons. The average molecular weight is 596 g/mol. The van der Waals surface area contributed by atoms with Gasteiger partial charge in [-0.05, 0) is 87.6 Å². The Morgan fingerprint density at radius 3 is 1.20 bits per heavy atom. The van der Waals surface area contributed by atoms with Gasteiger partial charge in [0.15, 0.2) is 0 Å². The number of rotatable bonds is 4. The third-order valence-electron chi connectivity index (χ3n) is 8.62. The Balaban J connectivity index is 1.48. The van der Waals surface area contributed by atoms with Crippen molar-refractivity contribution in [2.45, 2.75) is 0 Å². The normalized spacial score (nSPS) is 15.4. The molecule has 9 aromatic rings. The molecule has 0 amide bonds. The summed E-state index contributed by atoms with van der Waals surface area (Å²) in [5.41, 5.74) is 3.66. The first kappa shape index (κ1) is 16.4. The minimum absolute atomic E-state index is 0.0946. The third kappa shape index (κ3) is 4.15. The second-order valence-electron chi connectivity index (χ2n) is 11.0. The molecule has 0 aliphatic carbocycles. The van der Waals surface area contributed by atoms with Crippen molar-refractivity contribution in [2.24, 2.45) is 0 Å². The highest BCUT2D eigenvalue weighted by Crippen LogP contribution is 2.47. The van der Waals surface area contributed by atoms with Crippen molar-refractivity contribution in [3.63, 3.8) is 0 Å². The summed E-state index contributed by atoms with van der Waals surface area (Å²) in [6, 6.07) is 25.3. The standard InChI is InChI=1S/C46H30/c1-3-15-31(16-4-1)33-27-28-38(35-20-8-7-19-34(33)35)39-29-30-44(37-22-10-9-21-36(37)39)46-42-25-13-11-23-40(42)45(32-17-5-2-6-18-32)41-24-12-14-26-43(41)46/h1-30H/i2D,5D,6D,11D,12D,13D,14D,17D,18D,23D,24D,25D,26D. The van der Waals surface area contributed by atoms with Crippen molar-refractivity contribution in [2.75, 3.05) is 0 Å². The van der Waals surface area contributed by atoms with Crippen LogP contribution < -0.4 is 0 Å². The largest absolute Gasteiger partial charge is 0.0629 e. The van der Waals surface area contributed by atoms with Crippen molar-refractivity contribution in [3.8, 4) is 44.5 Å². The van der Waals surface area contributed by atoms with Gasteiger partial charge in [0.1, 0.15) is 0 Å². The molecule has 0 spiro atoms. The lowest BCUT2D eigenvalue weighted by molar-refractivity contribution is 1.63. The summed E-state index contributed by atoms with van der Waals surface area (Å²) < 4.78 is 116. The molecular weight excluding hydrogens is 553 g/mol. The third-order valence-corrected chi connectivity index (χ3v) is 8.62. The van der Waals surface area contributed by atoms with Crippen LogP contribution in [-0.2, 0) is 0 Å². The molecule has 9 rings (SSSR count). The predicted octanol–water partition coefficient (Wildman–Crippen LogP) is 13.0. The van der Waals surface area contributed by atoms with Gasteiger partial charge in [-0.2, -0.15) is 0 Å². The number of benzene rings is 9. The van der Waals surface area contributed by atoms with Gasteiger partial charge in [0.25, 0.3) is 0 Å². The van der Waals surface area contributed by atoms with Crippen molar-refractivity contribution in [3.05, 3.63) is 182 Å². The summed E-state index contributed by atoms with van der Waals surface area (Å²) in [5, 5.41) is 2.71. The Labute approximate surface area is 287 Å². The highest BCUT2D eigenvalue weighted by molar-refractivity contribution is 6.24. The minimum atomic E-state index is -0.709. The smallest absolute Gasteiger partial charge is 0.0622 e. The van der Waals surface area contributed by atoms with E-state index < -0.39 is 84.1 Å². The first-order valence-electron chi connectivity index (χ1n) is 21.4. The molecule has 0 heterocycles. The van der Waals surface area contributed by atoms with Crippen LogP contribution in [0, 0.1) is 0 Å². The van der Waals surface area contributed by atoms with Crippen LogP contribution in [-0.4, -0.2) is 0 Å². The van der Waals surface area contributed by atoms with Gasteiger partial charge in [0, 0.05) is 0 Å². The van der Waals surface area contributed by atoms with Gasteiger partial charge in [-0.3, -0.25) is 0 Å². The molecule has 0 nitrogen and oxygen atoms in total. The van der Waals surface area contributed by atoms with Gasteiger partial charge < -0.3 is 0 Å². The van der Waals surface area contributed by atoms with Gasteiger partial charge in [0.2, 0.25) is 0 Å². The molecule has 0 fully saturated rings. The van der Waals surface area contributed by atoms with E-state index in [1.54, 1.807) is 6.07 Å². The zero-order chi connectivity index (χ0) is 41.8. The van der Waals surface area contributed by atoms with Gasteiger partial charge in [-0.25, -0.2) is 0 Å². The van der Waals surface area contributed by atoms with E-state index in [1.807, 2.05) is 60.7 Å². The topological polar surface area (TPSA) is 0 Å². The average Bonchev–Trinajstić information content (AvgIpc) is 3.26. The molecule has 0 aliphatic heterocycles. The van der Waals surface area contributed by atoms with Gasteiger partial charge in [-0.15, -0.1) is 0 Å². The maximum Gasteiger partial charge on any atom is 0.0629 e. The van der Waals surface area contributed by atoms with E-state index in [-0.39, 0.29) is 32.7 Å². The minimum Gasteiger partial charge on any atom is -0.0622 e. The van der Waals surface area contributed by atoms with E-state index in [0.29, 0.717) is 10.9 Å². The Bertz CT molecular complexity index is 3190. The molecule has 0 atom stereocenters. The Morgan fingerprint density at radius 2 is 0.652 bits per heavy atom. The molecule has 9 aromatic carbocycles. The first-order chi connectivity index (χ1) is 28.3. The van der Waals surface area contributed by atoms with Crippen LogP contribution in [0.2, 0.25) is 0 Å². The first-order valence-corrected chi connectivity index (χ1v) is 14.9. The Morgan fingerprint density at radius 1 is 0.261 bits per heavy atom. The van der Waals surface area contributed by atoms with E-state index in [0.717, 1.165) is 38.4 Å². The maximum absolute atomic E-state index is 9.38. The van der Waals surface area contributed by atoms with Crippen LogP contribution in [0.25, 0.3) is 87.6 Å². The van der Waals surface area contributed by atoms with E-state index in [9.17, 15) is 5.48 Å². The summed E-state index contributed by atoms with van der Waals surface area (Å²) >= 11 is 0. The SMILES string of the molecule is [2H]c1c([2H])c([2H])c(-c2c3c([2H])c([2H])c([2H])c([2H])c3c(-c3ccc(-c4ccc(-c5ccccc5)c5ccccc45)c4ccccc34)c3c([2H])c([2H])c([2H])c([2H])c23)c([2H])c1[2H]. The van der Waals surface area contributed by atoms with Crippen molar-refractivity contribution in [1.82, 2.24) is 0 Å². The zero-order valence-corrected chi connectivity index (χ0v) is 24.3. The van der Waals surface area contributed by atoms with E-state index in [2.05, 4.69) is 36.4 Å². The van der Waals surface area contributed by atoms with Crippen LogP contribution in [0.15, 0.2) is 182 Å². The summed E-state index contributed by atoms with van der Waals surface area (Å²) in [7, 11) is 0. The molecule has 0 unspecified atom stereocenters. The predicted molar refractivity (Wildman–Crippen MR) is 198 cm³/mol. The molecule has 0 bridgehead atoms. The molecule has 0 saturated carbocycles. The van der Waals surface area contributed by atoms with Crippen molar-refractivity contribution >= 4 is 43.1 Å². The fourth-order valence-corrected chi connectivity index (χ4v) is 6.67. The lowest BCUT2D eigenvalue weighted by Gasteiger charge is -2.20. The highest BCUT2D eigenvalue weighted by atomic mass is 14.2. The molecule has 0 heteroatoms. The summed E-state index contributed by atoms with van der Waals surface area (Å²) in [6.07, 6.45) is 0. The Hall–Kier alpha value is -5.98. The van der Waals surface area contributed by atoms with E-state index in [4.69, 9.17) is 12.3 Å². The van der Waals surface area contributed by atoms with Crippen LogP contribution in [0.1, 0.15) is 17.8 Å². The highest BCUT2D eigenvalue weighted by Gasteiger charge is 2.19. The second kappa shape index (κ2) is 10.9. The van der Waals surface area contributed by atoms with Crippen LogP contribution in [0.3, 0.4) is 0 Å². The van der Waals surface area contributed by atoms with E-state index >= 15 is 0 Å². The molecule has 0 aliphatic rings. The summed E-state index contributed by atoms with van der Waals surface area (Å²) in [5.74, 6) is 0. The van der Waals surface area contributed by atoms with Crippen LogP contribution in [0.5, 0.6) is 0 Å². The molecular formula is C46H30. The van der Waals surface area contributed by atoms with Crippen molar-refractivity contribution < 1.29 is 17.8 Å². The quantitative estimate of drug-likeness (QED) is 0.178. The van der Waals surface area contributed by atoms with Crippen LogP contribution >= 0.6 is 0 Å². The fourth-order valence-electron chi connectivity index (χ4n) is 6.67. The molecule has 46 heavy (non-hydrogen) atoms. The van der Waals surface area contributed by atoms with Crippen molar-refractivity contribution in [1.29, 1.82) is 0 Å². The lowest BCUT2D eigenvalue weighted by atomic mass is 9.83.